The fourth-order valence-electron chi connectivity index (χ4n) is 13.0. The van der Waals surface area contributed by atoms with Crippen LogP contribution >= 0.6 is 31.7 Å². The molecule has 0 bridgehead atoms. The van der Waals surface area contributed by atoms with E-state index in [4.69, 9.17) is 0 Å². The van der Waals surface area contributed by atoms with Crippen LogP contribution in [0.4, 0.5) is 0 Å². The first-order chi connectivity index (χ1) is 37.5. The molecule has 0 unspecified atom stereocenters. The predicted molar refractivity (Wildman–Crippen MR) is 442 cm³/mol. The Morgan fingerprint density at radius 3 is 0.312 bits per heavy atom. The maximum absolute atomic E-state index is 13.8. The number of benzene rings is 6. The molecule has 6 aromatic carbocycles. The van der Waals surface area contributed by atoms with Crippen LogP contribution in [0.5, 0.6) is 0 Å². The van der Waals surface area contributed by atoms with E-state index in [0.717, 1.165) is 99.0 Å². The van der Waals surface area contributed by atoms with Gasteiger partial charge < -0.3 is 118 Å². The van der Waals surface area contributed by atoms with Gasteiger partial charge >= 0.3 is 137 Å². The molecule has 2 radical (unpaired) electrons. The Hall–Kier alpha value is 4.35. The molecule has 24 heteroatoms. The number of hydrogen-bond acceptors (Lipinski definition) is 2. The summed E-state index contributed by atoms with van der Waals surface area (Å²) in [7, 11) is -6.64. The summed E-state index contributed by atoms with van der Waals surface area (Å²) >= 11 is 0. The Labute approximate surface area is 740 Å². The van der Waals surface area contributed by atoms with Gasteiger partial charge in [-0.3, -0.25) is 0 Å². The van der Waals surface area contributed by atoms with Gasteiger partial charge in [-0.05, 0) is 166 Å². The summed E-state index contributed by atoms with van der Waals surface area (Å²) in [5.41, 5.74) is 11.2. The molecule has 0 fully saturated rings. The Balaban J connectivity index is -0.0000000570. The summed E-state index contributed by atoms with van der Waals surface area (Å²) in [6.07, 6.45) is 0. The standard InChI is InChI=1S/2C18H15OSi.4C9H21P.8Fe.8S/c2*19-20(16-10-4-1-5-11-16,17-12-6-2-7-13-17)18-14-8-3-9-15-18;4*1-7(2)10(8(3)4)9(5)6;;;;;;;;;;;;;;;;/h2*1-15H;4*7-9H,1-6H3;;;;;;;;;;;;;;;;/q2*-1;;;;;6*+2;2*+3;8*-2/p+4. The van der Waals surface area contributed by atoms with Crippen molar-refractivity contribution in [3.63, 3.8) is 0 Å². The number of hydrogen-bond donors (Lipinski definition) is 0. The molecule has 0 N–H and O–H groups in total. The van der Waals surface area contributed by atoms with Crippen molar-refractivity contribution in [1.29, 1.82) is 0 Å². The Kier molecular flexibility index (Phi) is 110. The van der Waals surface area contributed by atoms with Crippen LogP contribution in [0, 0.1) is 0 Å². The van der Waals surface area contributed by atoms with Crippen molar-refractivity contribution in [1.82, 2.24) is 0 Å². The second-order valence-corrected chi connectivity index (χ2v) is 49.5. The number of rotatable bonds is 18. The summed E-state index contributed by atoms with van der Waals surface area (Å²) in [4.78, 5) is 27.7. The first-order valence-electron chi connectivity index (χ1n) is 30.7. The Morgan fingerprint density at radius 2 is 0.260 bits per heavy atom. The van der Waals surface area contributed by atoms with Crippen molar-refractivity contribution in [2.75, 3.05) is 0 Å². The third kappa shape index (κ3) is 50.1. The summed E-state index contributed by atoms with van der Waals surface area (Å²) in [5.74, 6) is 0. The van der Waals surface area contributed by atoms with Gasteiger partial charge in [0, 0.05) is 31.7 Å². The Bertz CT molecular complexity index is 2000. The molecule has 0 aliphatic rings. The first-order valence-corrected chi connectivity index (χ1v) is 41.4. The minimum Gasteiger partial charge on any atom is -2.00 e. The van der Waals surface area contributed by atoms with E-state index in [1.807, 2.05) is 182 Å². The molecular formula is C72H118Fe8O2P4S8Si2+4. The summed E-state index contributed by atoms with van der Waals surface area (Å²) < 4.78 is 0. The summed E-state index contributed by atoms with van der Waals surface area (Å²) in [5, 5.41) is 5.40. The minimum atomic E-state index is -3.13. The van der Waals surface area contributed by atoms with E-state index in [1.54, 1.807) is 0 Å². The van der Waals surface area contributed by atoms with E-state index >= 15 is 0 Å². The molecule has 0 aromatic heterocycles. The average molecular weight is 1900 g/mol. The van der Waals surface area contributed by atoms with Gasteiger partial charge in [0.25, 0.3) is 0 Å². The van der Waals surface area contributed by atoms with Crippen LogP contribution < -0.4 is 40.7 Å². The molecule has 2 nitrogen and oxygen atoms in total. The van der Waals surface area contributed by atoms with Gasteiger partial charge in [0.15, 0.2) is 0 Å². The van der Waals surface area contributed by atoms with Crippen molar-refractivity contribution in [2.45, 2.75) is 234 Å². The largest absolute Gasteiger partial charge is 3.00 e. The van der Waals surface area contributed by atoms with E-state index < -0.39 is 16.6 Å². The zero-order chi connectivity index (χ0) is 60.9. The maximum Gasteiger partial charge on any atom is 3.00 e. The van der Waals surface area contributed by atoms with Crippen LogP contribution in [0.15, 0.2) is 182 Å². The second-order valence-electron chi connectivity index (χ2n) is 25.4. The van der Waals surface area contributed by atoms with Crippen LogP contribution in [0.25, 0.3) is 0 Å². The first kappa shape index (κ1) is 139. The molecule has 0 aliphatic heterocycles. The van der Waals surface area contributed by atoms with Gasteiger partial charge in [-0.2, -0.15) is 0 Å². The van der Waals surface area contributed by atoms with Gasteiger partial charge in [-0.1, -0.05) is 213 Å². The Morgan fingerprint density at radius 1 is 0.188 bits per heavy atom. The average Bonchev–Trinajstić information content (AvgIpc) is 3.39. The van der Waals surface area contributed by atoms with Crippen LogP contribution in [-0.2, 0) is 245 Å². The smallest absolute Gasteiger partial charge is 2.00 e. The summed E-state index contributed by atoms with van der Waals surface area (Å²) in [6, 6.07) is 58.6. The van der Waals surface area contributed by atoms with Gasteiger partial charge in [0.2, 0.25) is 0 Å². The molecular weight excluding hydrogens is 1780 g/mol. The monoisotopic (exact) mass is 1900 g/mol. The SMILES string of the molecule is CC(C)[PH+](C(C)C)C(C)C.CC(C)[PH+](C(C)C)C(C)C.CC(C)[PH+](C(C)C)C(C)C.CC(C)[PH+](C(C)C)C(C)C.[Fe+2].[Fe+2].[Fe+2].[Fe+2].[Fe+2].[Fe+2].[Fe+3].[Fe+3].[O-][Si](c1ccccc1)(c1ccccc1)c1ccccc1.[O-][Si](c1ccccc1)(c1ccccc1)c1ccccc1.[S-2].[S-2].[S-2].[S-2].[S-2].[S-2].[S-2].[S-2]. The quantitative estimate of drug-likeness (QED) is 0.0489. The van der Waals surface area contributed by atoms with E-state index in [0.29, 0.717) is 0 Å². The van der Waals surface area contributed by atoms with Crippen molar-refractivity contribution in [3.05, 3.63) is 182 Å². The molecule has 0 atom stereocenters. The fourth-order valence-corrected chi connectivity index (χ4v) is 35.0. The second kappa shape index (κ2) is 76.1. The minimum absolute atomic E-state index is 0. The van der Waals surface area contributed by atoms with E-state index in [1.165, 1.54) is 0 Å². The van der Waals surface area contributed by atoms with Gasteiger partial charge in [-0.25, -0.2) is 0 Å². The predicted octanol–water partition coefficient (Wildman–Crippen LogP) is 15.7. The molecule has 0 spiro atoms. The third-order valence-corrected chi connectivity index (χ3v) is 38.0. The van der Waals surface area contributed by atoms with Crippen molar-refractivity contribution in [3.8, 4) is 0 Å². The van der Waals surface area contributed by atoms with Gasteiger partial charge in [0.1, 0.15) is 0 Å². The van der Waals surface area contributed by atoms with Crippen LogP contribution in [0.2, 0.25) is 0 Å². The molecule has 0 saturated heterocycles. The van der Waals surface area contributed by atoms with E-state index in [2.05, 4.69) is 166 Å². The molecule has 0 saturated carbocycles. The van der Waals surface area contributed by atoms with Crippen LogP contribution in [0.1, 0.15) is 166 Å². The summed E-state index contributed by atoms with van der Waals surface area (Å²) in [6.45, 7) is 56.9. The van der Waals surface area contributed by atoms with Gasteiger partial charge in [0.05, 0.1) is 84.5 Å². The van der Waals surface area contributed by atoms with E-state index in [9.17, 15) is 9.59 Å². The zero-order valence-electron chi connectivity index (χ0n) is 61.2. The molecule has 0 amide bonds. The topological polar surface area (TPSA) is 46.1 Å². The third-order valence-electron chi connectivity index (χ3n) is 15.1. The van der Waals surface area contributed by atoms with E-state index in [-0.39, 0.29) is 276 Å². The zero-order valence-corrected chi connectivity index (χ0v) is 82.5. The van der Waals surface area contributed by atoms with Gasteiger partial charge in [-0.15, -0.1) is 0 Å². The fraction of sp³-hybridized carbons (Fsp3) is 0.500. The van der Waals surface area contributed by atoms with Crippen molar-refractivity contribution < 1.29 is 146 Å². The molecule has 0 aliphatic carbocycles. The molecule has 0 heterocycles. The molecule has 6 aromatic rings. The van der Waals surface area contributed by atoms with Crippen molar-refractivity contribution in [2.24, 2.45) is 0 Å². The van der Waals surface area contributed by atoms with Crippen LogP contribution in [-0.4, -0.2) is 84.5 Å². The normalized spacial score (nSPS) is 9.94. The maximum atomic E-state index is 13.8. The van der Waals surface area contributed by atoms with Crippen LogP contribution in [0.3, 0.4) is 0 Å². The molecule has 6 rings (SSSR count). The molecule has 96 heavy (non-hydrogen) atoms. The van der Waals surface area contributed by atoms with Crippen molar-refractivity contribution >= 4 is 187 Å². The molecule has 554 valence electrons.